The van der Waals surface area contributed by atoms with Crippen molar-refractivity contribution in [3.63, 3.8) is 0 Å². The summed E-state index contributed by atoms with van der Waals surface area (Å²) in [6, 6.07) is 7.28. The van der Waals surface area contributed by atoms with Crippen LogP contribution in [-0.4, -0.2) is 31.0 Å². The Kier molecular flexibility index (Phi) is 7.35. The average Bonchev–Trinajstić information content (AvgIpc) is 2.47. The zero-order valence-electron chi connectivity index (χ0n) is 12.1. The fourth-order valence-corrected chi connectivity index (χ4v) is 2.09. The third-order valence-corrected chi connectivity index (χ3v) is 3.70. The zero-order valence-corrected chi connectivity index (χ0v) is 13.6. The Labute approximate surface area is 135 Å². The normalized spacial score (nSPS) is 11.6. The van der Waals surface area contributed by atoms with Gasteiger partial charge >= 0.3 is 0 Å². The molecule has 0 fully saturated rings. The van der Waals surface area contributed by atoms with Gasteiger partial charge in [0.2, 0.25) is 5.91 Å². The molecule has 0 saturated carbocycles. The number of amides is 1. The van der Waals surface area contributed by atoms with Crippen LogP contribution >= 0.6 is 23.2 Å². The SMILES string of the molecule is CC(C#N)CN(C)C(=O)CCCOc1cccc(Cl)c1Cl. The molecule has 4 nitrogen and oxygen atoms in total. The Morgan fingerprint density at radius 3 is 2.86 bits per heavy atom. The van der Waals surface area contributed by atoms with Gasteiger partial charge < -0.3 is 9.64 Å². The number of ether oxygens (including phenoxy) is 1. The average molecular weight is 329 g/mol. The summed E-state index contributed by atoms with van der Waals surface area (Å²) >= 11 is 11.9. The van der Waals surface area contributed by atoms with Gasteiger partial charge in [0.05, 0.1) is 23.6 Å². The van der Waals surface area contributed by atoms with E-state index >= 15 is 0 Å². The third kappa shape index (κ3) is 5.82. The second-order valence-electron chi connectivity index (χ2n) is 4.81. The van der Waals surface area contributed by atoms with E-state index in [1.807, 2.05) is 0 Å². The van der Waals surface area contributed by atoms with E-state index in [2.05, 4.69) is 6.07 Å². The van der Waals surface area contributed by atoms with E-state index in [0.717, 1.165) is 0 Å². The van der Waals surface area contributed by atoms with Crippen molar-refractivity contribution >= 4 is 29.1 Å². The summed E-state index contributed by atoms with van der Waals surface area (Å²) in [5, 5.41) is 9.54. The van der Waals surface area contributed by atoms with Crippen molar-refractivity contribution < 1.29 is 9.53 Å². The summed E-state index contributed by atoms with van der Waals surface area (Å²) in [6.07, 6.45) is 0.944. The van der Waals surface area contributed by atoms with Crippen molar-refractivity contribution in [2.45, 2.75) is 19.8 Å². The van der Waals surface area contributed by atoms with Crippen LogP contribution in [0.4, 0.5) is 0 Å². The maximum atomic E-state index is 11.8. The Hall–Kier alpha value is -1.44. The van der Waals surface area contributed by atoms with Crippen molar-refractivity contribution in [1.29, 1.82) is 5.26 Å². The first-order valence-corrected chi connectivity index (χ1v) is 7.41. The molecule has 0 aliphatic rings. The first kappa shape index (κ1) is 17.6. The molecule has 1 aromatic carbocycles. The molecule has 0 aliphatic carbocycles. The number of hydrogen-bond donors (Lipinski definition) is 0. The molecule has 114 valence electrons. The highest BCUT2D eigenvalue weighted by Crippen LogP contribution is 2.31. The van der Waals surface area contributed by atoms with Crippen LogP contribution in [0.1, 0.15) is 19.8 Å². The number of rotatable bonds is 7. The number of carbonyl (C=O) groups excluding carboxylic acids is 1. The van der Waals surface area contributed by atoms with E-state index in [-0.39, 0.29) is 11.8 Å². The fourth-order valence-electron chi connectivity index (χ4n) is 1.75. The Balaban J connectivity index is 2.32. The molecule has 0 spiro atoms. The monoisotopic (exact) mass is 328 g/mol. The van der Waals surface area contributed by atoms with Gasteiger partial charge in [0.15, 0.2) is 0 Å². The zero-order chi connectivity index (χ0) is 15.8. The van der Waals surface area contributed by atoms with Crippen molar-refractivity contribution in [3.05, 3.63) is 28.2 Å². The van der Waals surface area contributed by atoms with Crippen molar-refractivity contribution in [2.75, 3.05) is 20.2 Å². The molecule has 1 amide bonds. The minimum absolute atomic E-state index is 0.00195. The number of nitriles is 1. The summed E-state index contributed by atoms with van der Waals surface area (Å²) in [5.74, 6) is 0.349. The Morgan fingerprint density at radius 2 is 2.19 bits per heavy atom. The summed E-state index contributed by atoms with van der Waals surface area (Å²) in [7, 11) is 1.70. The second kappa shape index (κ2) is 8.76. The molecule has 1 unspecified atom stereocenters. The highest BCUT2D eigenvalue weighted by Gasteiger charge is 2.12. The summed E-state index contributed by atoms with van der Waals surface area (Å²) < 4.78 is 5.51. The molecule has 6 heteroatoms. The number of halogens is 2. The number of hydrogen-bond acceptors (Lipinski definition) is 3. The van der Waals surface area contributed by atoms with E-state index < -0.39 is 0 Å². The van der Waals surface area contributed by atoms with Gasteiger partial charge in [0.25, 0.3) is 0 Å². The first-order chi connectivity index (χ1) is 9.95. The largest absolute Gasteiger partial charge is 0.492 e. The van der Waals surface area contributed by atoms with Gasteiger partial charge in [0, 0.05) is 20.0 Å². The van der Waals surface area contributed by atoms with Crippen LogP contribution < -0.4 is 4.74 Å². The van der Waals surface area contributed by atoms with Gasteiger partial charge in [-0.15, -0.1) is 0 Å². The maximum absolute atomic E-state index is 11.8. The van der Waals surface area contributed by atoms with Crippen LogP contribution in [0.3, 0.4) is 0 Å². The maximum Gasteiger partial charge on any atom is 0.222 e. The highest BCUT2D eigenvalue weighted by molar-refractivity contribution is 6.42. The molecule has 0 N–H and O–H groups in total. The molecule has 0 aliphatic heterocycles. The van der Waals surface area contributed by atoms with Crippen LogP contribution in [0.2, 0.25) is 10.0 Å². The molecular formula is C15H18Cl2N2O2. The summed E-state index contributed by atoms with van der Waals surface area (Å²) in [6.45, 7) is 2.61. The van der Waals surface area contributed by atoms with Crippen molar-refractivity contribution in [1.82, 2.24) is 4.90 Å². The van der Waals surface area contributed by atoms with Crippen LogP contribution in [0, 0.1) is 17.2 Å². The third-order valence-electron chi connectivity index (χ3n) is 2.90. The standard InChI is InChI=1S/C15H18Cl2N2O2/c1-11(9-18)10-19(2)14(20)7-4-8-21-13-6-3-5-12(16)15(13)17/h3,5-6,11H,4,7-8,10H2,1-2H3. The van der Waals surface area contributed by atoms with Gasteiger partial charge in [-0.05, 0) is 25.5 Å². The lowest BCUT2D eigenvalue weighted by molar-refractivity contribution is -0.130. The van der Waals surface area contributed by atoms with Gasteiger partial charge in [-0.25, -0.2) is 0 Å². The number of carbonyl (C=O) groups is 1. The van der Waals surface area contributed by atoms with Crippen LogP contribution in [0.5, 0.6) is 5.75 Å². The lowest BCUT2D eigenvalue weighted by atomic mass is 10.2. The van der Waals surface area contributed by atoms with Gasteiger partial charge in [-0.1, -0.05) is 29.3 Å². The quantitative estimate of drug-likeness (QED) is 0.716. The van der Waals surface area contributed by atoms with Gasteiger partial charge in [-0.2, -0.15) is 5.26 Å². The molecule has 0 bridgehead atoms. The number of benzene rings is 1. The molecule has 0 radical (unpaired) electrons. The molecule has 21 heavy (non-hydrogen) atoms. The van der Waals surface area contributed by atoms with E-state index in [0.29, 0.717) is 41.8 Å². The predicted molar refractivity (Wildman–Crippen MR) is 83.6 cm³/mol. The van der Waals surface area contributed by atoms with E-state index in [1.54, 1.807) is 37.1 Å². The molecule has 1 rings (SSSR count). The molecule has 0 heterocycles. The summed E-state index contributed by atoms with van der Waals surface area (Å²) in [5.41, 5.74) is 0. The van der Waals surface area contributed by atoms with Crippen LogP contribution in [0.15, 0.2) is 18.2 Å². The molecular weight excluding hydrogens is 311 g/mol. The van der Waals surface area contributed by atoms with E-state index in [9.17, 15) is 4.79 Å². The Bertz CT molecular complexity index is 529. The molecule has 0 aromatic heterocycles. The van der Waals surface area contributed by atoms with Gasteiger partial charge in [0.1, 0.15) is 10.8 Å². The molecule has 1 atom stereocenters. The lowest BCUT2D eigenvalue weighted by Crippen LogP contribution is -2.30. The topological polar surface area (TPSA) is 53.3 Å². The van der Waals surface area contributed by atoms with E-state index in [1.165, 1.54) is 0 Å². The van der Waals surface area contributed by atoms with Crippen molar-refractivity contribution in [2.24, 2.45) is 5.92 Å². The smallest absolute Gasteiger partial charge is 0.222 e. The van der Waals surface area contributed by atoms with Crippen LogP contribution in [0.25, 0.3) is 0 Å². The fraction of sp³-hybridized carbons (Fsp3) is 0.467. The first-order valence-electron chi connectivity index (χ1n) is 6.66. The highest BCUT2D eigenvalue weighted by atomic mass is 35.5. The van der Waals surface area contributed by atoms with Crippen LogP contribution in [-0.2, 0) is 4.79 Å². The van der Waals surface area contributed by atoms with Crippen molar-refractivity contribution in [3.8, 4) is 11.8 Å². The van der Waals surface area contributed by atoms with Gasteiger partial charge in [-0.3, -0.25) is 4.79 Å². The molecule has 1 aromatic rings. The lowest BCUT2D eigenvalue weighted by Gasteiger charge is -2.18. The van der Waals surface area contributed by atoms with E-state index in [4.69, 9.17) is 33.2 Å². The minimum atomic E-state index is -0.166. The number of nitrogens with zero attached hydrogens (tertiary/aromatic N) is 2. The molecule has 0 saturated heterocycles. The second-order valence-corrected chi connectivity index (χ2v) is 5.59. The minimum Gasteiger partial charge on any atom is -0.492 e. The Morgan fingerprint density at radius 1 is 1.48 bits per heavy atom. The predicted octanol–water partition coefficient (Wildman–Crippen LogP) is 3.77. The summed E-state index contributed by atoms with van der Waals surface area (Å²) in [4.78, 5) is 13.4.